The molecule has 1 aliphatic rings. The summed E-state index contributed by atoms with van der Waals surface area (Å²) < 4.78 is 1.76. The Balaban J connectivity index is 1.86. The van der Waals surface area contributed by atoms with Crippen LogP contribution in [0.25, 0.3) is 10.2 Å². The summed E-state index contributed by atoms with van der Waals surface area (Å²) in [6.45, 7) is 7.99. The molecule has 2 aromatic rings. The molecule has 7 nitrogen and oxygen atoms in total. The van der Waals surface area contributed by atoms with Crippen molar-refractivity contribution in [2.75, 3.05) is 6.54 Å². The van der Waals surface area contributed by atoms with Crippen molar-refractivity contribution >= 4 is 33.4 Å². The molecular formula is C19H26N4O3S. The van der Waals surface area contributed by atoms with Gasteiger partial charge in [0.25, 0.3) is 11.5 Å². The van der Waals surface area contributed by atoms with Gasteiger partial charge in [-0.1, -0.05) is 6.42 Å². The monoisotopic (exact) mass is 390 g/mol. The molecule has 2 amide bonds. The van der Waals surface area contributed by atoms with E-state index in [1.165, 1.54) is 11.3 Å². The average molecular weight is 391 g/mol. The Morgan fingerprint density at radius 1 is 1.22 bits per heavy atom. The largest absolute Gasteiger partial charge is 0.350 e. The molecule has 2 aromatic heterocycles. The molecule has 0 bridgehead atoms. The number of nitrogens with zero attached hydrogens (tertiary/aromatic N) is 2. The lowest BCUT2D eigenvalue weighted by atomic mass is 10.1. The first-order valence-corrected chi connectivity index (χ1v) is 10.1. The van der Waals surface area contributed by atoms with Crippen molar-refractivity contribution < 1.29 is 9.59 Å². The molecule has 3 rings (SSSR count). The van der Waals surface area contributed by atoms with Crippen molar-refractivity contribution in [3.05, 3.63) is 26.6 Å². The predicted octanol–water partition coefficient (Wildman–Crippen LogP) is 2.14. The lowest BCUT2D eigenvalue weighted by Crippen LogP contribution is -2.45. The molecule has 0 aliphatic carbocycles. The van der Waals surface area contributed by atoms with Crippen molar-refractivity contribution in [3.8, 4) is 0 Å². The minimum absolute atomic E-state index is 0.0600. The van der Waals surface area contributed by atoms with Crippen molar-refractivity contribution in [3.63, 3.8) is 0 Å². The third kappa shape index (κ3) is 4.21. The smallest absolute Gasteiger partial charge is 0.262 e. The van der Waals surface area contributed by atoms with E-state index in [1.54, 1.807) is 11.5 Å². The summed E-state index contributed by atoms with van der Waals surface area (Å²) in [5.41, 5.74) is 0.224. The Kier molecular flexibility index (Phi) is 5.37. The van der Waals surface area contributed by atoms with Crippen molar-refractivity contribution in [2.45, 2.75) is 65.5 Å². The van der Waals surface area contributed by atoms with Gasteiger partial charge in [0.05, 0.1) is 16.8 Å². The normalized spacial score (nSPS) is 14.5. The van der Waals surface area contributed by atoms with Crippen LogP contribution in [0.1, 0.15) is 61.1 Å². The maximum Gasteiger partial charge on any atom is 0.262 e. The first kappa shape index (κ1) is 19.5. The van der Waals surface area contributed by atoms with Crippen molar-refractivity contribution in [2.24, 2.45) is 0 Å². The fourth-order valence-corrected chi connectivity index (χ4v) is 4.44. The first-order chi connectivity index (χ1) is 12.7. The first-order valence-electron chi connectivity index (χ1n) is 9.29. The molecular weight excluding hydrogens is 364 g/mol. The maximum absolute atomic E-state index is 12.9. The van der Waals surface area contributed by atoms with E-state index in [0.717, 1.165) is 31.5 Å². The van der Waals surface area contributed by atoms with Crippen LogP contribution in [-0.2, 0) is 17.8 Å². The van der Waals surface area contributed by atoms with Crippen LogP contribution in [0.4, 0.5) is 0 Å². The Bertz CT molecular complexity index is 952. The van der Waals surface area contributed by atoms with Gasteiger partial charge in [-0.15, -0.1) is 11.3 Å². The quantitative estimate of drug-likeness (QED) is 0.840. The van der Waals surface area contributed by atoms with Gasteiger partial charge < -0.3 is 10.6 Å². The molecule has 3 heterocycles. The summed E-state index contributed by atoms with van der Waals surface area (Å²) in [4.78, 5) is 43.2. The molecule has 146 valence electrons. The van der Waals surface area contributed by atoms with Crippen LogP contribution in [0.2, 0.25) is 0 Å². The second-order valence-electron chi connectivity index (χ2n) is 8.01. The van der Waals surface area contributed by atoms with Crippen LogP contribution in [-0.4, -0.2) is 33.4 Å². The van der Waals surface area contributed by atoms with E-state index >= 15 is 0 Å². The molecule has 0 saturated carbocycles. The molecule has 0 atom stereocenters. The van der Waals surface area contributed by atoms with E-state index in [9.17, 15) is 14.4 Å². The van der Waals surface area contributed by atoms with Crippen molar-refractivity contribution in [1.82, 2.24) is 20.2 Å². The molecule has 0 fully saturated rings. The highest BCUT2D eigenvalue weighted by atomic mass is 32.1. The van der Waals surface area contributed by atoms with Crippen LogP contribution >= 0.6 is 11.3 Å². The Morgan fingerprint density at radius 3 is 2.67 bits per heavy atom. The molecule has 8 heteroatoms. The molecule has 0 radical (unpaired) electrons. The zero-order valence-electron chi connectivity index (χ0n) is 16.3. The third-order valence-electron chi connectivity index (χ3n) is 4.54. The SMILES string of the molecule is Cc1c(C(=O)NCC(=O)NC(C)(C)C)sc2nc3n(c(=O)c12)CCCCC3. The van der Waals surface area contributed by atoms with Crippen LogP contribution in [0.3, 0.4) is 0 Å². The number of carbonyl (C=O) groups excluding carboxylic acids is 2. The zero-order valence-corrected chi connectivity index (χ0v) is 17.1. The van der Waals surface area contributed by atoms with Crippen LogP contribution < -0.4 is 16.2 Å². The lowest BCUT2D eigenvalue weighted by molar-refractivity contribution is -0.121. The lowest BCUT2D eigenvalue weighted by Gasteiger charge is -2.20. The summed E-state index contributed by atoms with van der Waals surface area (Å²) in [7, 11) is 0. The van der Waals surface area contributed by atoms with Crippen LogP contribution in [0, 0.1) is 6.92 Å². The van der Waals surface area contributed by atoms with Crippen molar-refractivity contribution in [1.29, 1.82) is 0 Å². The number of hydrogen-bond acceptors (Lipinski definition) is 5. The van der Waals surface area contributed by atoms with E-state index in [4.69, 9.17) is 0 Å². The van der Waals surface area contributed by atoms with Gasteiger partial charge in [-0.25, -0.2) is 4.98 Å². The standard InChI is InChI=1S/C19H26N4O3S/c1-11-14-17(21-12-8-6-5-7-9-23(12)18(14)26)27-15(11)16(25)20-10-13(24)22-19(2,3)4/h5-10H2,1-4H3,(H,20,25)(H,22,24). The van der Waals surface area contributed by atoms with E-state index < -0.39 is 0 Å². The number of thiophene rings is 1. The predicted molar refractivity (Wildman–Crippen MR) is 106 cm³/mol. The number of carbonyl (C=O) groups is 2. The number of rotatable bonds is 3. The molecule has 0 saturated heterocycles. The minimum atomic E-state index is -0.355. The maximum atomic E-state index is 12.9. The van der Waals surface area contributed by atoms with Gasteiger partial charge in [0, 0.05) is 18.5 Å². The van der Waals surface area contributed by atoms with Gasteiger partial charge >= 0.3 is 0 Å². The molecule has 1 aliphatic heterocycles. The third-order valence-corrected chi connectivity index (χ3v) is 5.73. The van der Waals surface area contributed by atoms with Gasteiger partial charge in [0.1, 0.15) is 10.7 Å². The number of aromatic nitrogens is 2. The van der Waals surface area contributed by atoms with E-state index in [0.29, 0.717) is 27.2 Å². The van der Waals surface area contributed by atoms with E-state index in [2.05, 4.69) is 15.6 Å². The summed E-state index contributed by atoms with van der Waals surface area (Å²) in [5.74, 6) is 0.210. The Hall–Kier alpha value is -2.22. The second kappa shape index (κ2) is 7.42. The molecule has 2 N–H and O–H groups in total. The molecule has 0 unspecified atom stereocenters. The van der Waals surface area contributed by atoms with E-state index in [1.807, 2.05) is 20.8 Å². The van der Waals surface area contributed by atoms with Gasteiger partial charge in [-0.05, 0) is 46.1 Å². The number of hydrogen-bond donors (Lipinski definition) is 2. The topological polar surface area (TPSA) is 93.1 Å². The summed E-state index contributed by atoms with van der Waals surface area (Å²) in [6.07, 6.45) is 3.88. The Labute approximate surface area is 162 Å². The summed E-state index contributed by atoms with van der Waals surface area (Å²) in [5, 5.41) is 5.97. The number of aryl methyl sites for hydroxylation is 2. The molecule has 0 aromatic carbocycles. The van der Waals surface area contributed by atoms with E-state index in [-0.39, 0.29) is 29.5 Å². The van der Waals surface area contributed by atoms with Gasteiger partial charge in [-0.2, -0.15) is 0 Å². The fraction of sp³-hybridized carbons (Fsp3) is 0.579. The van der Waals surface area contributed by atoms with Crippen LogP contribution in [0.15, 0.2) is 4.79 Å². The van der Waals surface area contributed by atoms with Crippen LogP contribution in [0.5, 0.6) is 0 Å². The highest BCUT2D eigenvalue weighted by molar-refractivity contribution is 7.20. The summed E-state index contributed by atoms with van der Waals surface area (Å²) >= 11 is 1.22. The zero-order chi connectivity index (χ0) is 19.8. The number of fused-ring (bicyclic) bond motifs is 2. The number of nitrogens with one attached hydrogen (secondary N) is 2. The Morgan fingerprint density at radius 2 is 1.96 bits per heavy atom. The summed E-state index contributed by atoms with van der Waals surface area (Å²) in [6, 6.07) is 0. The highest BCUT2D eigenvalue weighted by Crippen LogP contribution is 2.28. The molecule has 0 spiro atoms. The number of amides is 2. The average Bonchev–Trinajstić information content (AvgIpc) is 2.75. The second-order valence-corrected chi connectivity index (χ2v) is 9.01. The fourth-order valence-electron chi connectivity index (χ4n) is 3.33. The van der Waals surface area contributed by atoms with Gasteiger partial charge in [-0.3, -0.25) is 19.0 Å². The van der Waals surface area contributed by atoms with Gasteiger partial charge in [0.15, 0.2) is 0 Å². The minimum Gasteiger partial charge on any atom is -0.350 e. The molecule has 27 heavy (non-hydrogen) atoms. The highest BCUT2D eigenvalue weighted by Gasteiger charge is 2.23. The van der Waals surface area contributed by atoms with Gasteiger partial charge in [0.2, 0.25) is 5.91 Å².